The Labute approximate surface area is 141 Å². The van der Waals surface area contributed by atoms with Crippen molar-refractivity contribution in [2.45, 2.75) is 65.7 Å². The number of benzene rings is 1. The quantitative estimate of drug-likeness (QED) is 0.800. The molecule has 126 valence electrons. The Hall–Kier alpha value is -0.835. The van der Waals surface area contributed by atoms with E-state index in [2.05, 4.69) is 64.6 Å². The van der Waals surface area contributed by atoms with Crippen LogP contribution in [0.25, 0.3) is 0 Å². The minimum absolute atomic E-state index is 0.267. The molecule has 1 aromatic rings. The Morgan fingerprint density at radius 3 is 2.39 bits per heavy atom. The molecular formula is C19H30BNO2. The molecule has 2 heterocycles. The Kier molecular flexibility index (Phi) is 4.37. The van der Waals surface area contributed by atoms with Crippen molar-refractivity contribution in [2.75, 3.05) is 13.1 Å². The average molecular weight is 315 g/mol. The van der Waals surface area contributed by atoms with Crippen molar-refractivity contribution >= 4 is 12.6 Å². The van der Waals surface area contributed by atoms with Gasteiger partial charge in [0, 0.05) is 13.1 Å². The minimum atomic E-state index is -0.285. The van der Waals surface area contributed by atoms with Crippen LogP contribution in [0.4, 0.5) is 0 Å². The van der Waals surface area contributed by atoms with Crippen LogP contribution in [0, 0.1) is 12.8 Å². The lowest BCUT2D eigenvalue weighted by Crippen LogP contribution is -2.41. The number of rotatable bonds is 3. The summed E-state index contributed by atoms with van der Waals surface area (Å²) < 4.78 is 12.4. The van der Waals surface area contributed by atoms with Crippen LogP contribution in [-0.2, 0) is 15.9 Å². The summed E-state index contributed by atoms with van der Waals surface area (Å²) in [5, 5.41) is 0. The van der Waals surface area contributed by atoms with E-state index in [0.29, 0.717) is 0 Å². The van der Waals surface area contributed by atoms with Crippen LogP contribution in [0.1, 0.15) is 52.2 Å². The van der Waals surface area contributed by atoms with E-state index < -0.39 is 0 Å². The number of likely N-dealkylation sites (tertiary alicyclic amines) is 1. The monoisotopic (exact) mass is 315 g/mol. The third-order valence-corrected chi connectivity index (χ3v) is 5.80. The summed E-state index contributed by atoms with van der Waals surface area (Å²) in [6, 6.07) is 6.63. The van der Waals surface area contributed by atoms with Gasteiger partial charge in [-0.1, -0.05) is 25.1 Å². The van der Waals surface area contributed by atoms with Crippen molar-refractivity contribution in [1.82, 2.24) is 4.90 Å². The van der Waals surface area contributed by atoms with Crippen LogP contribution < -0.4 is 5.46 Å². The van der Waals surface area contributed by atoms with Gasteiger partial charge in [0.25, 0.3) is 0 Å². The zero-order valence-corrected chi connectivity index (χ0v) is 15.5. The van der Waals surface area contributed by atoms with Crippen molar-refractivity contribution in [3.8, 4) is 0 Å². The molecule has 0 spiro atoms. The molecule has 0 aliphatic carbocycles. The minimum Gasteiger partial charge on any atom is -0.399 e. The van der Waals surface area contributed by atoms with Gasteiger partial charge in [-0.15, -0.1) is 0 Å². The van der Waals surface area contributed by atoms with E-state index in [1.165, 1.54) is 30.6 Å². The molecule has 2 fully saturated rings. The van der Waals surface area contributed by atoms with Crippen LogP contribution in [0.2, 0.25) is 0 Å². The van der Waals surface area contributed by atoms with E-state index >= 15 is 0 Å². The number of aryl methyl sites for hydroxylation is 1. The normalized spacial score (nSPS) is 26.9. The van der Waals surface area contributed by atoms with Crippen LogP contribution in [0.3, 0.4) is 0 Å². The second kappa shape index (κ2) is 5.91. The lowest BCUT2D eigenvalue weighted by Gasteiger charge is -2.32. The fraction of sp³-hybridized carbons (Fsp3) is 0.684. The Bertz CT molecular complexity index is 569. The standard InChI is InChI=1S/C19H30BNO2/c1-14-9-10-21(12-14)13-16-11-17(8-7-15(16)2)20-22-18(3,4)19(5,6)23-20/h7-8,11,14H,9-10,12-13H2,1-6H3. The molecule has 1 aromatic carbocycles. The maximum atomic E-state index is 6.20. The van der Waals surface area contributed by atoms with Crippen molar-refractivity contribution in [3.05, 3.63) is 29.3 Å². The van der Waals surface area contributed by atoms with Crippen LogP contribution in [0.5, 0.6) is 0 Å². The summed E-state index contributed by atoms with van der Waals surface area (Å²) in [7, 11) is -0.267. The highest BCUT2D eigenvalue weighted by molar-refractivity contribution is 6.62. The Morgan fingerprint density at radius 1 is 1.17 bits per heavy atom. The first-order valence-corrected chi connectivity index (χ1v) is 8.85. The fourth-order valence-electron chi connectivity index (χ4n) is 3.40. The third kappa shape index (κ3) is 3.35. The van der Waals surface area contributed by atoms with E-state index in [-0.39, 0.29) is 18.3 Å². The van der Waals surface area contributed by atoms with Gasteiger partial charge in [-0.3, -0.25) is 4.90 Å². The number of hydrogen-bond donors (Lipinski definition) is 0. The van der Waals surface area contributed by atoms with Crippen LogP contribution in [0.15, 0.2) is 18.2 Å². The molecular weight excluding hydrogens is 285 g/mol. The highest BCUT2D eigenvalue weighted by Gasteiger charge is 2.51. The predicted octanol–water partition coefficient (Wildman–Crippen LogP) is 3.14. The summed E-state index contributed by atoms with van der Waals surface area (Å²) in [4.78, 5) is 2.56. The Balaban J connectivity index is 1.78. The molecule has 3 rings (SSSR count). The van der Waals surface area contributed by atoms with E-state index in [1.54, 1.807) is 0 Å². The van der Waals surface area contributed by atoms with Gasteiger partial charge in [-0.2, -0.15) is 0 Å². The molecule has 3 nitrogen and oxygen atoms in total. The lowest BCUT2D eigenvalue weighted by atomic mass is 9.77. The fourth-order valence-corrected chi connectivity index (χ4v) is 3.40. The average Bonchev–Trinajstić information content (AvgIpc) is 2.93. The van der Waals surface area contributed by atoms with Gasteiger partial charge in [-0.05, 0) is 70.1 Å². The van der Waals surface area contributed by atoms with Gasteiger partial charge in [0.1, 0.15) is 0 Å². The first-order chi connectivity index (χ1) is 10.7. The molecule has 4 heteroatoms. The highest BCUT2D eigenvalue weighted by Crippen LogP contribution is 2.36. The summed E-state index contributed by atoms with van der Waals surface area (Å²) in [5.41, 5.74) is 3.31. The van der Waals surface area contributed by atoms with Crippen LogP contribution in [-0.4, -0.2) is 36.3 Å². The molecule has 1 unspecified atom stereocenters. The molecule has 2 aliphatic rings. The molecule has 23 heavy (non-hydrogen) atoms. The van der Waals surface area contributed by atoms with Crippen molar-refractivity contribution in [3.63, 3.8) is 0 Å². The molecule has 0 radical (unpaired) electrons. The van der Waals surface area contributed by atoms with Crippen molar-refractivity contribution in [1.29, 1.82) is 0 Å². The van der Waals surface area contributed by atoms with E-state index in [4.69, 9.17) is 9.31 Å². The molecule has 0 aromatic heterocycles. The topological polar surface area (TPSA) is 21.7 Å². The summed E-state index contributed by atoms with van der Waals surface area (Å²) in [6.07, 6.45) is 1.32. The molecule has 0 saturated carbocycles. The van der Waals surface area contributed by atoms with Gasteiger partial charge >= 0.3 is 7.12 Å². The smallest absolute Gasteiger partial charge is 0.399 e. The highest BCUT2D eigenvalue weighted by atomic mass is 16.7. The molecule has 0 N–H and O–H groups in total. The maximum absolute atomic E-state index is 6.20. The Morgan fingerprint density at radius 2 is 1.83 bits per heavy atom. The first kappa shape index (κ1) is 17.0. The van der Waals surface area contributed by atoms with Crippen molar-refractivity contribution < 1.29 is 9.31 Å². The van der Waals surface area contributed by atoms with Crippen LogP contribution >= 0.6 is 0 Å². The van der Waals surface area contributed by atoms with Crippen molar-refractivity contribution in [2.24, 2.45) is 5.92 Å². The molecule has 1 atom stereocenters. The third-order valence-electron chi connectivity index (χ3n) is 5.80. The van der Waals surface area contributed by atoms with E-state index in [0.717, 1.165) is 17.9 Å². The summed E-state index contributed by atoms with van der Waals surface area (Å²) in [6.45, 7) is 16.4. The lowest BCUT2D eigenvalue weighted by molar-refractivity contribution is 0.00578. The molecule has 2 aliphatic heterocycles. The SMILES string of the molecule is Cc1ccc(B2OC(C)(C)C(C)(C)O2)cc1CN1CCC(C)C1. The van der Waals surface area contributed by atoms with Gasteiger partial charge in [0.15, 0.2) is 0 Å². The number of hydrogen-bond acceptors (Lipinski definition) is 3. The largest absolute Gasteiger partial charge is 0.494 e. The van der Waals surface area contributed by atoms with Gasteiger partial charge in [0.05, 0.1) is 11.2 Å². The molecule has 0 amide bonds. The predicted molar refractivity (Wildman–Crippen MR) is 96.0 cm³/mol. The van der Waals surface area contributed by atoms with E-state index in [1.807, 2.05) is 0 Å². The van der Waals surface area contributed by atoms with Gasteiger partial charge in [-0.25, -0.2) is 0 Å². The zero-order valence-electron chi connectivity index (χ0n) is 15.5. The van der Waals surface area contributed by atoms with E-state index in [9.17, 15) is 0 Å². The molecule has 0 bridgehead atoms. The maximum Gasteiger partial charge on any atom is 0.494 e. The zero-order chi connectivity index (χ0) is 16.8. The first-order valence-electron chi connectivity index (χ1n) is 8.85. The summed E-state index contributed by atoms with van der Waals surface area (Å²) >= 11 is 0. The van der Waals surface area contributed by atoms with Gasteiger partial charge < -0.3 is 9.31 Å². The van der Waals surface area contributed by atoms with Gasteiger partial charge in [0.2, 0.25) is 0 Å². The second-order valence-corrected chi connectivity index (χ2v) is 8.40. The summed E-state index contributed by atoms with van der Waals surface area (Å²) in [5.74, 6) is 0.821. The number of nitrogens with zero attached hydrogens (tertiary/aromatic N) is 1. The second-order valence-electron chi connectivity index (χ2n) is 8.40. The molecule has 2 saturated heterocycles.